The summed E-state index contributed by atoms with van der Waals surface area (Å²) in [4.78, 5) is 2.42. The highest BCUT2D eigenvalue weighted by Gasteiger charge is 2.31. The third-order valence-corrected chi connectivity index (χ3v) is 4.80. The average Bonchev–Trinajstić information content (AvgIpc) is 2.89. The average molecular weight is 289 g/mol. The first-order chi connectivity index (χ1) is 8.94. The zero-order valence-corrected chi connectivity index (χ0v) is 12.7. The molecule has 1 saturated heterocycles. The van der Waals surface area contributed by atoms with Crippen LogP contribution in [0.4, 0.5) is 8.78 Å². The van der Waals surface area contributed by atoms with Crippen molar-refractivity contribution >= 4 is 8.58 Å². The third-order valence-electron chi connectivity index (χ3n) is 3.88. The number of nitrogens with zero attached hydrogens (tertiary/aromatic N) is 3. The highest BCUT2D eigenvalue weighted by Crippen LogP contribution is 2.42. The Kier molecular flexibility index (Phi) is 4.57. The van der Waals surface area contributed by atoms with Gasteiger partial charge in [0, 0.05) is 25.3 Å². The molecule has 1 aromatic heterocycles. The summed E-state index contributed by atoms with van der Waals surface area (Å²) < 4.78 is 28.9. The maximum absolute atomic E-state index is 13.6. The van der Waals surface area contributed by atoms with Crippen molar-refractivity contribution in [2.24, 2.45) is 0 Å². The van der Waals surface area contributed by atoms with Crippen LogP contribution in [0.2, 0.25) is 0 Å². The van der Waals surface area contributed by atoms with Gasteiger partial charge in [-0.1, -0.05) is 0 Å². The Morgan fingerprint density at radius 3 is 2.53 bits per heavy atom. The lowest BCUT2D eigenvalue weighted by Crippen LogP contribution is -2.39. The Bertz CT molecular complexity index is 412. The highest BCUT2D eigenvalue weighted by molar-refractivity contribution is 7.38. The number of piperidine rings is 1. The SMILES string of the molecule is CPC(F)(F)c1cnn(C2CCN(C(C)C)CC2)c1. The summed E-state index contributed by atoms with van der Waals surface area (Å²) in [5.41, 5.74) is -2.67. The molecule has 1 fully saturated rings. The summed E-state index contributed by atoms with van der Waals surface area (Å²) in [5, 5.41) is 4.15. The number of hydrogen-bond acceptors (Lipinski definition) is 2. The molecule has 1 atom stereocenters. The number of halogens is 2. The molecule has 0 bridgehead atoms. The number of hydrogen-bond donors (Lipinski definition) is 0. The second-order valence-electron chi connectivity index (χ2n) is 5.39. The van der Waals surface area contributed by atoms with Gasteiger partial charge in [-0.25, -0.2) is 0 Å². The monoisotopic (exact) mass is 289 g/mol. The normalized spacial score (nSPS) is 19.9. The van der Waals surface area contributed by atoms with E-state index in [9.17, 15) is 8.78 Å². The lowest BCUT2D eigenvalue weighted by Gasteiger charge is -2.34. The Balaban J connectivity index is 2.01. The quantitative estimate of drug-likeness (QED) is 0.793. The molecule has 0 aliphatic carbocycles. The number of aromatic nitrogens is 2. The fourth-order valence-corrected chi connectivity index (χ4v) is 2.93. The summed E-state index contributed by atoms with van der Waals surface area (Å²) in [5.74, 6) is 0. The van der Waals surface area contributed by atoms with E-state index in [-0.39, 0.29) is 11.6 Å². The topological polar surface area (TPSA) is 21.1 Å². The molecule has 0 saturated carbocycles. The molecule has 0 radical (unpaired) electrons. The van der Waals surface area contributed by atoms with Crippen LogP contribution >= 0.6 is 8.58 Å². The van der Waals surface area contributed by atoms with E-state index in [4.69, 9.17) is 0 Å². The number of likely N-dealkylation sites (tertiary alicyclic amines) is 1. The van der Waals surface area contributed by atoms with Gasteiger partial charge in [-0.15, -0.1) is 0 Å². The maximum atomic E-state index is 13.6. The standard InChI is InChI=1S/C13H22F2N3P/c1-10(2)17-6-4-12(5-7-17)18-9-11(8-16-18)13(14,15)19-3/h8-10,12,19H,4-7H2,1-3H3. The summed E-state index contributed by atoms with van der Waals surface area (Å²) in [6.07, 6.45) is 4.83. The minimum Gasteiger partial charge on any atom is -0.301 e. The van der Waals surface area contributed by atoms with Crippen LogP contribution in [-0.2, 0) is 5.66 Å². The van der Waals surface area contributed by atoms with Gasteiger partial charge in [-0.2, -0.15) is 13.9 Å². The van der Waals surface area contributed by atoms with Crippen LogP contribution in [-0.4, -0.2) is 40.5 Å². The van der Waals surface area contributed by atoms with E-state index in [2.05, 4.69) is 23.8 Å². The van der Waals surface area contributed by atoms with Crippen LogP contribution in [0, 0.1) is 0 Å². The number of alkyl halides is 2. The fraction of sp³-hybridized carbons (Fsp3) is 0.769. The van der Waals surface area contributed by atoms with Crippen molar-refractivity contribution in [2.75, 3.05) is 19.8 Å². The zero-order chi connectivity index (χ0) is 14.0. The van der Waals surface area contributed by atoms with Gasteiger partial charge < -0.3 is 4.90 Å². The molecule has 1 unspecified atom stereocenters. The van der Waals surface area contributed by atoms with Gasteiger partial charge in [0.2, 0.25) is 0 Å². The Morgan fingerprint density at radius 2 is 2.00 bits per heavy atom. The molecular formula is C13H22F2N3P. The summed E-state index contributed by atoms with van der Waals surface area (Å²) in [6, 6.07) is 0.819. The van der Waals surface area contributed by atoms with Crippen molar-refractivity contribution in [2.45, 2.75) is 44.4 Å². The first-order valence-corrected chi connectivity index (χ1v) is 8.29. The maximum Gasteiger partial charge on any atom is 0.289 e. The van der Waals surface area contributed by atoms with Gasteiger partial charge in [0.05, 0.1) is 17.8 Å². The lowest BCUT2D eigenvalue weighted by molar-refractivity contribution is 0.101. The van der Waals surface area contributed by atoms with Crippen LogP contribution in [0.5, 0.6) is 0 Å². The Labute approximate surface area is 115 Å². The molecule has 0 aromatic carbocycles. The van der Waals surface area contributed by atoms with Crippen LogP contribution in [0.1, 0.15) is 38.3 Å². The lowest BCUT2D eigenvalue weighted by atomic mass is 10.0. The van der Waals surface area contributed by atoms with E-state index in [1.54, 1.807) is 4.68 Å². The van der Waals surface area contributed by atoms with Crippen molar-refractivity contribution < 1.29 is 8.78 Å². The van der Waals surface area contributed by atoms with Crippen LogP contribution in [0.15, 0.2) is 12.4 Å². The van der Waals surface area contributed by atoms with E-state index in [1.807, 2.05) is 0 Å². The van der Waals surface area contributed by atoms with Gasteiger partial charge in [0.15, 0.2) is 0 Å². The zero-order valence-electron chi connectivity index (χ0n) is 11.7. The van der Waals surface area contributed by atoms with Crippen LogP contribution in [0.25, 0.3) is 0 Å². The molecule has 0 spiro atoms. The second-order valence-corrected chi connectivity index (χ2v) is 6.52. The molecule has 6 heteroatoms. The van der Waals surface area contributed by atoms with Crippen molar-refractivity contribution in [3.63, 3.8) is 0 Å². The minimum absolute atomic E-state index is 0.0552. The van der Waals surface area contributed by atoms with Crippen LogP contribution < -0.4 is 0 Å². The van der Waals surface area contributed by atoms with Crippen molar-refractivity contribution in [1.29, 1.82) is 0 Å². The Morgan fingerprint density at radius 1 is 1.37 bits per heavy atom. The van der Waals surface area contributed by atoms with E-state index < -0.39 is 14.2 Å². The molecule has 19 heavy (non-hydrogen) atoms. The van der Waals surface area contributed by atoms with E-state index in [0.29, 0.717) is 6.04 Å². The molecule has 2 rings (SSSR count). The smallest absolute Gasteiger partial charge is 0.289 e. The first-order valence-electron chi connectivity index (χ1n) is 6.79. The molecule has 1 aliphatic rings. The molecule has 1 aromatic rings. The molecular weight excluding hydrogens is 267 g/mol. The summed E-state index contributed by atoms with van der Waals surface area (Å²) in [7, 11) is -0.418. The molecule has 108 valence electrons. The van der Waals surface area contributed by atoms with Gasteiger partial charge >= 0.3 is 0 Å². The van der Waals surface area contributed by atoms with Gasteiger partial charge in [0.25, 0.3) is 5.66 Å². The largest absolute Gasteiger partial charge is 0.301 e. The predicted molar refractivity (Wildman–Crippen MR) is 75.3 cm³/mol. The summed E-state index contributed by atoms with van der Waals surface area (Å²) in [6.45, 7) is 7.94. The van der Waals surface area contributed by atoms with Crippen LogP contribution in [0.3, 0.4) is 0 Å². The molecule has 1 aliphatic heterocycles. The van der Waals surface area contributed by atoms with E-state index in [1.165, 1.54) is 19.1 Å². The van der Waals surface area contributed by atoms with Gasteiger partial charge in [-0.3, -0.25) is 4.68 Å². The first kappa shape index (κ1) is 14.9. The van der Waals surface area contributed by atoms with E-state index in [0.717, 1.165) is 25.9 Å². The summed E-state index contributed by atoms with van der Waals surface area (Å²) >= 11 is 0. The van der Waals surface area contributed by atoms with E-state index >= 15 is 0 Å². The van der Waals surface area contributed by atoms with Gasteiger partial charge in [0.1, 0.15) is 0 Å². The van der Waals surface area contributed by atoms with Crippen molar-refractivity contribution in [3.8, 4) is 0 Å². The fourth-order valence-electron chi connectivity index (χ4n) is 2.51. The molecule has 0 N–H and O–H groups in total. The molecule has 2 heterocycles. The minimum atomic E-state index is -2.73. The highest BCUT2D eigenvalue weighted by atomic mass is 31.1. The van der Waals surface area contributed by atoms with Crippen molar-refractivity contribution in [3.05, 3.63) is 18.0 Å². The van der Waals surface area contributed by atoms with Crippen molar-refractivity contribution in [1.82, 2.24) is 14.7 Å². The Hall–Kier alpha value is -0.540. The second kappa shape index (κ2) is 5.84. The molecule has 3 nitrogen and oxygen atoms in total. The van der Waals surface area contributed by atoms with Gasteiger partial charge in [-0.05, 0) is 41.9 Å². The predicted octanol–water partition coefficient (Wildman–Crippen LogP) is 3.29. The number of rotatable bonds is 4. The molecule has 0 amide bonds. The third kappa shape index (κ3) is 3.32.